The van der Waals surface area contributed by atoms with Crippen molar-refractivity contribution in [3.8, 4) is 0 Å². The summed E-state index contributed by atoms with van der Waals surface area (Å²) in [5.74, 6) is 3.01. The zero-order valence-corrected chi connectivity index (χ0v) is 11.9. The van der Waals surface area contributed by atoms with Crippen LogP contribution in [0.3, 0.4) is 0 Å². The highest BCUT2D eigenvalue weighted by atomic mass is 35.5. The van der Waals surface area contributed by atoms with E-state index >= 15 is 0 Å². The first-order chi connectivity index (χ1) is 8.19. The Kier molecular flexibility index (Phi) is 4.51. The minimum Gasteiger partial charge on any atom is -0.355 e. The Bertz CT molecular complexity index is 386. The van der Waals surface area contributed by atoms with Gasteiger partial charge >= 0.3 is 0 Å². The number of hydrogen-bond donors (Lipinski definition) is 0. The molecule has 1 atom stereocenters. The van der Waals surface area contributed by atoms with E-state index in [2.05, 4.69) is 28.7 Å². The summed E-state index contributed by atoms with van der Waals surface area (Å²) < 4.78 is 0. The molecule has 1 aliphatic heterocycles. The highest BCUT2D eigenvalue weighted by molar-refractivity contribution is 8.00. The van der Waals surface area contributed by atoms with Gasteiger partial charge < -0.3 is 4.90 Å². The van der Waals surface area contributed by atoms with Gasteiger partial charge in [-0.1, -0.05) is 25.4 Å². The van der Waals surface area contributed by atoms with Crippen molar-refractivity contribution in [2.75, 3.05) is 23.7 Å². The van der Waals surface area contributed by atoms with Crippen molar-refractivity contribution in [2.45, 2.75) is 31.9 Å². The summed E-state index contributed by atoms with van der Waals surface area (Å²) >= 11 is 8.08. The number of nitrogens with zero attached hydrogens (tertiary/aromatic N) is 3. The molecule has 1 aromatic heterocycles. The fourth-order valence-corrected chi connectivity index (χ4v) is 3.18. The number of rotatable bonds is 3. The zero-order valence-electron chi connectivity index (χ0n) is 10.3. The molecular weight excluding hydrogens is 254 g/mol. The molecule has 3 nitrogen and oxygen atoms in total. The smallest absolute Gasteiger partial charge is 0.134 e. The molecule has 5 heteroatoms. The average Bonchev–Trinajstić information content (AvgIpc) is 2.28. The summed E-state index contributed by atoms with van der Waals surface area (Å²) in [6.45, 7) is 6.48. The molecule has 0 N–H and O–H groups in total. The van der Waals surface area contributed by atoms with Crippen molar-refractivity contribution in [2.24, 2.45) is 0 Å². The number of halogens is 1. The Morgan fingerprint density at radius 1 is 1.53 bits per heavy atom. The van der Waals surface area contributed by atoms with E-state index in [0.717, 1.165) is 43.3 Å². The molecule has 0 bridgehead atoms. The Hall–Kier alpha value is -0.480. The van der Waals surface area contributed by atoms with E-state index < -0.39 is 0 Å². The number of anilines is 1. The van der Waals surface area contributed by atoms with Crippen LogP contribution >= 0.6 is 23.4 Å². The lowest BCUT2D eigenvalue weighted by molar-refractivity contribution is 0.753. The van der Waals surface area contributed by atoms with Crippen molar-refractivity contribution < 1.29 is 0 Å². The van der Waals surface area contributed by atoms with E-state index in [0.29, 0.717) is 10.4 Å². The van der Waals surface area contributed by atoms with Gasteiger partial charge in [0.15, 0.2) is 0 Å². The Labute approximate surface area is 112 Å². The van der Waals surface area contributed by atoms with Crippen LogP contribution in [0.5, 0.6) is 0 Å². The normalized spacial score (nSPS) is 20.6. The fraction of sp³-hybridized carbons (Fsp3) is 0.667. The van der Waals surface area contributed by atoms with E-state index in [1.807, 2.05) is 17.8 Å². The maximum Gasteiger partial charge on any atom is 0.134 e. The summed E-state index contributed by atoms with van der Waals surface area (Å²) in [4.78, 5) is 11.2. The highest BCUT2D eigenvalue weighted by Gasteiger charge is 2.18. The topological polar surface area (TPSA) is 29.0 Å². The maximum absolute atomic E-state index is 6.06. The molecule has 0 spiro atoms. The third kappa shape index (κ3) is 3.49. The quantitative estimate of drug-likeness (QED) is 0.791. The number of thioether (sulfide) groups is 1. The monoisotopic (exact) mass is 271 g/mol. The van der Waals surface area contributed by atoms with Gasteiger partial charge in [-0.25, -0.2) is 9.97 Å². The van der Waals surface area contributed by atoms with E-state index in [4.69, 9.17) is 11.6 Å². The van der Waals surface area contributed by atoms with Crippen molar-refractivity contribution in [1.29, 1.82) is 0 Å². The molecule has 94 valence electrons. The van der Waals surface area contributed by atoms with Crippen molar-refractivity contribution in [1.82, 2.24) is 9.97 Å². The van der Waals surface area contributed by atoms with Crippen LogP contribution < -0.4 is 4.90 Å². The summed E-state index contributed by atoms with van der Waals surface area (Å²) in [5, 5.41) is 1.22. The molecule has 1 aliphatic rings. The van der Waals surface area contributed by atoms with Crippen LogP contribution in [-0.2, 0) is 6.42 Å². The second-order valence-corrected chi connectivity index (χ2v) is 6.28. The van der Waals surface area contributed by atoms with Gasteiger partial charge in [-0.2, -0.15) is 11.8 Å². The van der Waals surface area contributed by atoms with Gasteiger partial charge in [0, 0.05) is 36.6 Å². The van der Waals surface area contributed by atoms with Crippen molar-refractivity contribution in [3.63, 3.8) is 0 Å². The van der Waals surface area contributed by atoms with Crippen LogP contribution in [0.4, 0.5) is 5.82 Å². The number of aryl methyl sites for hydroxylation is 1. The number of hydrogen-bond acceptors (Lipinski definition) is 4. The van der Waals surface area contributed by atoms with Crippen LogP contribution in [-0.4, -0.2) is 34.1 Å². The van der Waals surface area contributed by atoms with Gasteiger partial charge in [0.25, 0.3) is 0 Å². The molecular formula is C12H18ClN3S. The van der Waals surface area contributed by atoms with Gasteiger partial charge in [-0.3, -0.25) is 0 Å². The molecule has 1 fully saturated rings. The second-order valence-electron chi connectivity index (χ2n) is 4.34. The van der Waals surface area contributed by atoms with Crippen LogP contribution in [0.15, 0.2) is 6.07 Å². The highest BCUT2D eigenvalue weighted by Crippen LogP contribution is 2.24. The molecule has 1 aromatic rings. The van der Waals surface area contributed by atoms with Gasteiger partial charge in [0.2, 0.25) is 0 Å². The molecule has 2 rings (SSSR count). The average molecular weight is 272 g/mol. The maximum atomic E-state index is 6.06. The molecule has 0 saturated carbocycles. The third-order valence-corrected chi connectivity index (χ3v) is 4.10. The standard InChI is InChI=1S/C12H18ClN3S/c1-3-4-11-14-10(13)7-12(15-11)16-5-6-17-9(2)8-16/h7,9H,3-6,8H2,1-2H3. The van der Waals surface area contributed by atoms with E-state index in [1.165, 1.54) is 0 Å². The molecule has 0 aliphatic carbocycles. The molecule has 0 radical (unpaired) electrons. The van der Waals surface area contributed by atoms with Crippen molar-refractivity contribution >= 4 is 29.2 Å². The van der Waals surface area contributed by atoms with Gasteiger partial charge in [-0.05, 0) is 6.42 Å². The number of aromatic nitrogens is 2. The first-order valence-corrected chi connectivity index (χ1v) is 7.51. The van der Waals surface area contributed by atoms with Gasteiger partial charge in [-0.15, -0.1) is 0 Å². The second kappa shape index (κ2) is 5.91. The molecule has 0 aromatic carbocycles. The zero-order chi connectivity index (χ0) is 12.3. The first-order valence-electron chi connectivity index (χ1n) is 6.09. The molecule has 2 heterocycles. The van der Waals surface area contributed by atoms with Crippen molar-refractivity contribution in [3.05, 3.63) is 17.0 Å². The molecule has 1 saturated heterocycles. The minimum atomic E-state index is 0.560. The lowest BCUT2D eigenvalue weighted by atomic mass is 10.3. The lowest BCUT2D eigenvalue weighted by Gasteiger charge is -2.31. The first kappa shape index (κ1) is 13.0. The summed E-state index contributed by atoms with van der Waals surface area (Å²) in [6.07, 6.45) is 1.94. The minimum absolute atomic E-state index is 0.560. The van der Waals surface area contributed by atoms with E-state index in [9.17, 15) is 0 Å². The summed E-state index contributed by atoms with van der Waals surface area (Å²) in [7, 11) is 0. The predicted octanol–water partition coefficient (Wildman–Crippen LogP) is 3.02. The molecule has 1 unspecified atom stereocenters. The van der Waals surface area contributed by atoms with Gasteiger partial charge in [0.05, 0.1) is 0 Å². The van der Waals surface area contributed by atoms with Crippen LogP contribution in [0, 0.1) is 0 Å². The lowest BCUT2D eigenvalue weighted by Crippen LogP contribution is -2.37. The predicted molar refractivity (Wildman–Crippen MR) is 75.2 cm³/mol. The largest absolute Gasteiger partial charge is 0.355 e. The summed E-state index contributed by atoms with van der Waals surface area (Å²) in [5.41, 5.74) is 0. The van der Waals surface area contributed by atoms with Crippen LogP contribution in [0.2, 0.25) is 5.15 Å². The van der Waals surface area contributed by atoms with Crippen LogP contribution in [0.1, 0.15) is 26.1 Å². The van der Waals surface area contributed by atoms with E-state index in [1.54, 1.807) is 0 Å². The van der Waals surface area contributed by atoms with Gasteiger partial charge in [0.1, 0.15) is 16.8 Å². The fourth-order valence-electron chi connectivity index (χ4n) is 1.98. The summed E-state index contributed by atoms with van der Waals surface area (Å²) in [6, 6.07) is 1.88. The SMILES string of the molecule is CCCc1nc(Cl)cc(N2CCSC(C)C2)n1. The molecule has 17 heavy (non-hydrogen) atoms. The molecule has 0 amide bonds. The van der Waals surface area contributed by atoms with E-state index in [-0.39, 0.29) is 0 Å². The van der Waals surface area contributed by atoms with Crippen LogP contribution in [0.25, 0.3) is 0 Å². The third-order valence-electron chi connectivity index (χ3n) is 2.77. The Morgan fingerprint density at radius 3 is 3.06 bits per heavy atom. The Balaban J connectivity index is 2.18. The Morgan fingerprint density at radius 2 is 2.35 bits per heavy atom.